The molecule has 0 rings (SSSR count). The summed E-state index contributed by atoms with van der Waals surface area (Å²) in [6.07, 6.45) is 0. The lowest BCUT2D eigenvalue weighted by atomic mass is 9.91. The van der Waals surface area contributed by atoms with Crippen LogP contribution < -0.4 is 4.72 Å². The lowest BCUT2D eigenvalue weighted by Crippen LogP contribution is -2.38. The van der Waals surface area contributed by atoms with Gasteiger partial charge in [-0.3, -0.25) is 4.79 Å². The van der Waals surface area contributed by atoms with Crippen LogP contribution in [-0.4, -0.2) is 26.5 Å². The lowest BCUT2D eigenvalue weighted by Gasteiger charge is -2.20. The first kappa shape index (κ1) is 15.6. The van der Waals surface area contributed by atoms with Gasteiger partial charge in [-0.05, 0) is 5.41 Å². The number of carbonyl (C=O) groups excluding carboxylic acids is 1. The average molecular weight is 249 g/mol. The zero-order chi connectivity index (χ0) is 13.2. The molecule has 0 bridgehead atoms. The standard InChI is InChI=1S/C11H23NO3S/c1-10(2,3)8-16(14,15)12-7-9(13)11(4,5)6/h12H,7-8H2,1-6H3. The van der Waals surface area contributed by atoms with Crippen molar-refractivity contribution >= 4 is 15.8 Å². The molecule has 5 heteroatoms. The van der Waals surface area contributed by atoms with Crippen molar-refractivity contribution in [1.29, 1.82) is 0 Å². The maximum absolute atomic E-state index is 11.6. The molecule has 0 saturated heterocycles. The fourth-order valence-corrected chi connectivity index (χ4v) is 2.65. The van der Waals surface area contributed by atoms with E-state index in [0.29, 0.717) is 0 Å². The lowest BCUT2D eigenvalue weighted by molar-refractivity contribution is -0.125. The molecule has 0 aliphatic rings. The van der Waals surface area contributed by atoms with Gasteiger partial charge in [0, 0.05) is 5.41 Å². The monoisotopic (exact) mass is 249 g/mol. The predicted molar refractivity (Wildman–Crippen MR) is 65.7 cm³/mol. The average Bonchev–Trinajstić information content (AvgIpc) is 1.93. The van der Waals surface area contributed by atoms with Crippen LogP contribution in [0.25, 0.3) is 0 Å². The largest absolute Gasteiger partial charge is 0.298 e. The molecule has 0 aromatic heterocycles. The first-order chi connectivity index (χ1) is 6.83. The molecule has 4 nitrogen and oxygen atoms in total. The summed E-state index contributed by atoms with van der Waals surface area (Å²) in [5.41, 5.74) is -0.819. The zero-order valence-electron chi connectivity index (χ0n) is 11.0. The van der Waals surface area contributed by atoms with Crippen LogP contribution in [0.1, 0.15) is 41.5 Å². The van der Waals surface area contributed by atoms with Gasteiger partial charge in [-0.15, -0.1) is 0 Å². The second-order valence-electron chi connectivity index (χ2n) is 6.31. The van der Waals surface area contributed by atoms with Crippen LogP contribution in [0.15, 0.2) is 0 Å². The van der Waals surface area contributed by atoms with Crippen molar-refractivity contribution in [2.24, 2.45) is 10.8 Å². The van der Waals surface area contributed by atoms with Crippen LogP contribution >= 0.6 is 0 Å². The molecule has 0 unspecified atom stereocenters. The molecule has 1 N–H and O–H groups in total. The van der Waals surface area contributed by atoms with Gasteiger partial charge in [-0.1, -0.05) is 41.5 Å². The Morgan fingerprint density at radius 1 is 1.06 bits per heavy atom. The fourth-order valence-electron chi connectivity index (χ4n) is 1.06. The van der Waals surface area contributed by atoms with Gasteiger partial charge in [-0.2, -0.15) is 0 Å². The highest BCUT2D eigenvalue weighted by Gasteiger charge is 2.25. The number of Topliss-reactive ketones (excluding diaryl/α,β-unsaturated/α-hetero) is 1. The SMILES string of the molecule is CC(C)(C)CS(=O)(=O)NCC(=O)C(C)(C)C. The third-order valence-corrected chi connectivity index (χ3v) is 3.74. The van der Waals surface area contributed by atoms with Gasteiger partial charge >= 0.3 is 0 Å². The maximum Gasteiger partial charge on any atom is 0.212 e. The van der Waals surface area contributed by atoms with Gasteiger partial charge in [0.1, 0.15) is 0 Å². The molecule has 0 aromatic rings. The van der Waals surface area contributed by atoms with Crippen molar-refractivity contribution in [3.63, 3.8) is 0 Å². The van der Waals surface area contributed by atoms with E-state index in [1.54, 1.807) is 20.8 Å². The van der Waals surface area contributed by atoms with Gasteiger partial charge in [0.05, 0.1) is 12.3 Å². The van der Waals surface area contributed by atoms with Gasteiger partial charge in [0.2, 0.25) is 10.0 Å². The summed E-state index contributed by atoms with van der Waals surface area (Å²) in [6.45, 7) is 10.7. The normalized spacial score (nSPS) is 13.9. The zero-order valence-corrected chi connectivity index (χ0v) is 11.9. The smallest absolute Gasteiger partial charge is 0.212 e. The molecule has 0 saturated carbocycles. The van der Waals surface area contributed by atoms with E-state index in [2.05, 4.69) is 4.72 Å². The van der Waals surface area contributed by atoms with Gasteiger partial charge in [0.25, 0.3) is 0 Å². The third kappa shape index (κ3) is 6.95. The molecule has 0 aliphatic carbocycles. The van der Waals surface area contributed by atoms with Crippen LogP contribution in [0.3, 0.4) is 0 Å². The summed E-state index contributed by atoms with van der Waals surface area (Å²) in [7, 11) is -3.37. The third-order valence-electron chi connectivity index (χ3n) is 1.91. The van der Waals surface area contributed by atoms with Crippen LogP contribution in [0.4, 0.5) is 0 Å². The molecule has 0 aliphatic heterocycles. The molecule has 96 valence electrons. The van der Waals surface area contributed by atoms with E-state index < -0.39 is 15.4 Å². The Morgan fingerprint density at radius 2 is 1.50 bits per heavy atom. The number of hydrogen-bond donors (Lipinski definition) is 1. The predicted octanol–water partition coefficient (Wildman–Crippen LogP) is 1.57. The van der Waals surface area contributed by atoms with Crippen molar-refractivity contribution in [3.05, 3.63) is 0 Å². The van der Waals surface area contributed by atoms with E-state index >= 15 is 0 Å². The summed E-state index contributed by atoms with van der Waals surface area (Å²) in [5, 5.41) is 0. The van der Waals surface area contributed by atoms with Crippen molar-refractivity contribution in [3.8, 4) is 0 Å². The molecular formula is C11H23NO3S. The van der Waals surface area contributed by atoms with Crippen LogP contribution in [-0.2, 0) is 14.8 Å². The van der Waals surface area contributed by atoms with Gasteiger partial charge in [-0.25, -0.2) is 13.1 Å². The summed E-state index contributed by atoms with van der Waals surface area (Å²) in [4.78, 5) is 11.5. The Hall–Kier alpha value is -0.420. The molecule has 0 aromatic carbocycles. The minimum absolute atomic E-state index is 0.0252. The molecule has 0 fully saturated rings. The van der Waals surface area contributed by atoms with Crippen molar-refractivity contribution in [1.82, 2.24) is 4.72 Å². The quantitative estimate of drug-likeness (QED) is 0.822. The fraction of sp³-hybridized carbons (Fsp3) is 0.909. The van der Waals surface area contributed by atoms with Crippen LogP contribution in [0.2, 0.25) is 0 Å². The Labute approximate surface area is 98.9 Å². The van der Waals surface area contributed by atoms with E-state index in [0.717, 1.165) is 0 Å². The highest BCUT2D eigenvalue weighted by Crippen LogP contribution is 2.16. The molecule has 0 amide bonds. The highest BCUT2D eigenvalue weighted by atomic mass is 32.2. The topological polar surface area (TPSA) is 63.2 Å². The number of hydrogen-bond acceptors (Lipinski definition) is 3. The summed E-state index contributed by atoms with van der Waals surface area (Å²) >= 11 is 0. The molecule has 0 radical (unpaired) electrons. The maximum atomic E-state index is 11.6. The number of rotatable bonds is 4. The Balaban J connectivity index is 4.38. The number of sulfonamides is 1. The van der Waals surface area contributed by atoms with Crippen molar-refractivity contribution < 1.29 is 13.2 Å². The molecular weight excluding hydrogens is 226 g/mol. The van der Waals surface area contributed by atoms with Crippen LogP contribution in [0, 0.1) is 10.8 Å². The van der Waals surface area contributed by atoms with Crippen molar-refractivity contribution in [2.75, 3.05) is 12.3 Å². The molecule has 0 atom stereocenters. The highest BCUT2D eigenvalue weighted by molar-refractivity contribution is 7.89. The summed E-state index contributed by atoms with van der Waals surface area (Å²) in [5.74, 6) is -0.0813. The minimum atomic E-state index is -3.37. The summed E-state index contributed by atoms with van der Waals surface area (Å²) < 4.78 is 25.6. The van der Waals surface area contributed by atoms with E-state index in [4.69, 9.17) is 0 Å². The minimum Gasteiger partial charge on any atom is -0.298 e. The first-order valence-corrected chi connectivity index (χ1v) is 6.99. The molecule has 0 heterocycles. The summed E-state index contributed by atoms with van der Waals surface area (Å²) in [6, 6.07) is 0. The second kappa shape index (κ2) is 4.84. The van der Waals surface area contributed by atoms with Crippen molar-refractivity contribution in [2.45, 2.75) is 41.5 Å². The Morgan fingerprint density at radius 3 is 1.81 bits per heavy atom. The molecule has 16 heavy (non-hydrogen) atoms. The van der Waals surface area contributed by atoms with E-state index in [-0.39, 0.29) is 23.5 Å². The second-order valence-corrected chi connectivity index (χ2v) is 8.12. The van der Waals surface area contributed by atoms with E-state index in [9.17, 15) is 13.2 Å². The van der Waals surface area contributed by atoms with E-state index in [1.165, 1.54) is 0 Å². The van der Waals surface area contributed by atoms with Gasteiger partial charge < -0.3 is 0 Å². The Kier molecular flexibility index (Phi) is 4.71. The molecule has 0 spiro atoms. The Bertz CT molecular complexity index is 344. The number of carbonyl (C=O) groups is 1. The van der Waals surface area contributed by atoms with E-state index in [1.807, 2.05) is 20.8 Å². The number of nitrogens with one attached hydrogen (secondary N) is 1. The van der Waals surface area contributed by atoms with Gasteiger partial charge in [0.15, 0.2) is 5.78 Å². The first-order valence-electron chi connectivity index (χ1n) is 5.34. The number of ketones is 1. The van der Waals surface area contributed by atoms with Crippen LogP contribution in [0.5, 0.6) is 0 Å².